The lowest BCUT2D eigenvalue weighted by Gasteiger charge is -2.41. The molecule has 10 nitrogen and oxygen atoms in total. The van der Waals surface area contributed by atoms with E-state index in [1.165, 1.54) is 0 Å². The van der Waals surface area contributed by atoms with E-state index in [2.05, 4.69) is 30.4 Å². The Morgan fingerprint density at radius 2 is 1.90 bits per heavy atom. The number of fused-ring (bicyclic) bond motifs is 2. The quantitative estimate of drug-likeness (QED) is 0.264. The minimum atomic E-state index is -0.731. The van der Waals surface area contributed by atoms with Crippen LogP contribution in [0.5, 0.6) is 0 Å². The van der Waals surface area contributed by atoms with Gasteiger partial charge in [0.15, 0.2) is 0 Å². The summed E-state index contributed by atoms with van der Waals surface area (Å²) in [6.07, 6.45) is 6.11. The summed E-state index contributed by atoms with van der Waals surface area (Å²) in [5.41, 5.74) is 1.55. The van der Waals surface area contributed by atoms with Crippen LogP contribution in [-0.4, -0.2) is 101 Å². The number of hydrogen-bond donors (Lipinski definition) is 1. The van der Waals surface area contributed by atoms with Crippen LogP contribution in [0.4, 0.5) is 0 Å². The van der Waals surface area contributed by atoms with Gasteiger partial charge in [-0.15, -0.1) is 30.0 Å². The van der Waals surface area contributed by atoms with Gasteiger partial charge in [-0.1, -0.05) is 43.3 Å². The van der Waals surface area contributed by atoms with Gasteiger partial charge in [-0.05, 0) is 43.7 Å². The second-order valence-electron chi connectivity index (χ2n) is 11.7. The molecule has 3 fully saturated rings. The van der Waals surface area contributed by atoms with Crippen molar-refractivity contribution in [3.63, 3.8) is 0 Å². The Balaban J connectivity index is 1.53. The van der Waals surface area contributed by atoms with Gasteiger partial charge in [0, 0.05) is 38.0 Å². The van der Waals surface area contributed by atoms with Crippen molar-refractivity contribution in [1.29, 1.82) is 0 Å². The standard InChI is InChI=1S/C31H42N6O4S/c1-5-14-34(15-6-2)28(39)25-24-19-21(4)31(42-24)26(25)29(40)36(17-10-11-18-38)27(31)30(41)35(16-7-3)20-37-23-13-9-8-12-22(23)32-33-37/h5,7-9,12-13,21,24-27,38H,1,3,6,10-11,14-20H2,2,4H3/t21?,24-,25+,26+,27?,31?/m1/s1. The number of amides is 3. The molecule has 3 amide bonds. The SMILES string of the molecule is C=CCN(Cn1nnc2ccccc21)C(=O)C1N(CCCCO)C(=O)[C@@H]2[C@@H](C(=O)N(CC=C)CCC)[C@H]3CC(C)C12S3. The van der Waals surface area contributed by atoms with E-state index in [0.29, 0.717) is 32.5 Å². The third-order valence-corrected chi connectivity index (χ3v) is 11.2. The fourth-order valence-electron chi connectivity index (χ4n) is 7.37. The van der Waals surface area contributed by atoms with Gasteiger partial charge in [0.05, 0.1) is 22.1 Å². The van der Waals surface area contributed by atoms with Gasteiger partial charge in [-0.2, -0.15) is 0 Å². The Kier molecular flexibility index (Phi) is 9.08. The number of thioether (sulfide) groups is 1. The number of rotatable bonds is 14. The van der Waals surface area contributed by atoms with E-state index >= 15 is 0 Å². The van der Waals surface area contributed by atoms with Crippen LogP contribution in [0.2, 0.25) is 0 Å². The molecule has 6 atom stereocenters. The molecule has 1 aromatic carbocycles. The van der Waals surface area contributed by atoms with Crippen LogP contribution >= 0.6 is 11.8 Å². The molecule has 0 saturated carbocycles. The van der Waals surface area contributed by atoms with E-state index in [4.69, 9.17) is 0 Å². The molecule has 1 spiro atoms. The maximum absolute atomic E-state index is 14.7. The number of hydrogen-bond acceptors (Lipinski definition) is 7. The molecule has 1 aromatic heterocycles. The summed E-state index contributed by atoms with van der Waals surface area (Å²) in [7, 11) is 0. The Morgan fingerprint density at radius 3 is 2.62 bits per heavy atom. The summed E-state index contributed by atoms with van der Waals surface area (Å²) >= 11 is 1.68. The number of para-hydroxylation sites is 1. The van der Waals surface area contributed by atoms with Crippen molar-refractivity contribution in [2.24, 2.45) is 17.8 Å². The minimum Gasteiger partial charge on any atom is -0.396 e. The maximum atomic E-state index is 14.7. The topological polar surface area (TPSA) is 112 Å². The number of carbonyl (C=O) groups is 3. The molecule has 0 radical (unpaired) electrons. The van der Waals surface area contributed by atoms with Gasteiger partial charge >= 0.3 is 0 Å². The van der Waals surface area contributed by atoms with Crippen molar-refractivity contribution in [2.75, 3.05) is 32.8 Å². The average molecular weight is 595 g/mol. The highest BCUT2D eigenvalue weighted by molar-refractivity contribution is 8.02. The Hall–Kier alpha value is -3.18. The summed E-state index contributed by atoms with van der Waals surface area (Å²) in [6.45, 7) is 13.7. The Labute approximate surface area is 251 Å². The molecule has 2 aromatic rings. The first-order chi connectivity index (χ1) is 20.3. The average Bonchev–Trinajstić information content (AvgIpc) is 3.70. The van der Waals surface area contributed by atoms with E-state index < -0.39 is 22.6 Å². The highest BCUT2D eigenvalue weighted by atomic mass is 32.2. The molecule has 0 aliphatic carbocycles. The first-order valence-electron chi connectivity index (χ1n) is 15.0. The molecule has 3 saturated heterocycles. The molecular weight excluding hydrogens is 552 g/mol. The van der Waals surface area contributed by atoms with E-state index in [1.807, 2.05) is 36.1 Å². The van der Waals surface area contributed by atoms with Crippen LogP contribution in [0.3, 0.4) is 0 Å². The largest absolute Gasteiger partial charge is 0.396 e. The third-order valence-electron chi connectivity index (χ3n) is 9.11. The van der Waals surface area contributed by atoms with Crippen molar-refractivity contribution in [3.05, 3.63) is 49.6 Å². The van der Waals surface area contributed by atoms with Crippen molar-refractivity contribution in [3.8, 4) is 0 Å². The first-order valence-corrected chi connectivity index (χ1v) is 15.9. The summed E-state index contributed by atoms with van der Waals surface area (Å²) in [6, 6.07) is 6.86. The molecule has 3 unspecified atom stereocenters. The van der Waals surface area contributed by atoms with E-state index in [9.17, 15) is 19.5 Å². The van der Waals surface area contributed by atoms with Crippen LogP contribution in [0.1, 0.15) is 39.5 Å². The molecular formula is C31H42N6O4S. The third kappa shape index (κ3) is 4.94. The molecule has 4 heterocycles. The van der Waals surface area contributed by atoms with Crippen LogP contribution in [0.25, 0.3) is 11.0 Å². The fraction of sp³-hybridized carbons (Fsp3) is 0.581. The van der Waals surface area contributed by atoms with Gasteiger partial charge in [-0.25, -0.2) is 4.68 Å². The fourth-order valence-corrected chi connectivity index (χ4v) is 9.78. The van der Waals surface area contributed by atoms with Crippen molar-refractivity contribution in [2.45, 2.75) is 62.2 Å². The summed E-state index contributed by atoms with van der Waals surface area (Å²) in [5, 5.41) is 18.0. The van der Waals surface area contributed by atoms with Crippen LogP contribution in [-0.2, 0) is 21.1 Å². The molecule has 5 rings (SSSR count). The zero-order valence-electron chi connectivity index (χ0n) is 24.6. The van der Waals surface area contributed by atoms with Gasteiger partial charge in [-0.3, -0.25) is 14.4 Å². The highest BCUT2D eigenvalue weighted by Gasteiger charge is 2.76. The lowest BCUT2D eigenvalue weighted by Crippen LogP contribution is -2.57. The Morgan fingerprint density at radius 1 is 1.17 bits per heavy atom. The lowest BCUT2D eigenvalue weighted by atomic mass is 9.65. The number of benzene rings is 1. The van der Waals surface area contributed by atoms with Gasteiger partial charge < -0.3 is 19.8 Å². The molecule has 2 bridgehead atoms. The monoisotopic (exact) mass is 594 g/mol. The zero-order chi connectivity index (χ0) is 30.0. The van der Waals surface area contributed by atoms with Gasteiger partial charge in [0.2, 0.25) is 17.7 Å². The second kappa shape index (κ2) is 12.6. The number of nitrogens with zero attached hydrogens (tertiary/aromatic N) is 6. The molecule has 3 aliphatic rings. The second-order valence-corrected chi connectivity index (χ2v) is 13.2. The van der Waals surface area contributed by atoms with E-state index in [1.54, 1.807) is 38.4 Å². The molecule has 1 N–H and O–H groups in total. The lowest BCUT2D eigenvalue weighted by molar-refractivity contribution is -0.145. The molecule has 226 valence electrons. The number of likely N-dealkylation sites (tertiary alicyclic amines) is 1. The van der Waals surface area contributed by atoms with Gasteiger partial charge in [0.1, 0.15) is 18.2 Å². The van der Waals surface area contributed by atoms with Gasteiger partial charge in [0.25, 0.3) is 0 Å². The maximum Gasteiger partial charge on any atom is 0.248 e. The van der Waals surface area contributed by atoms with E-state index in [-0.39, 0.29) is 48.7 Å². The van der Waals surface area contributed by atoms with Crippen molar-refractivity contribution in [1.82, 2.24) is 29.7 Å². The number of carbonyl (C=O) groups excluding carboxylic acids is 3. The number of aromatic nitrogens is 3. The summed E-state index contributed by atoms with van der Waals surface area (Å²) in [5.74, 6) is -1.28. The highest BCUT2D eigenvalue weighted by Crippen LogP contribution is 2.69. The van der Waals surface area contributed by atoms with Crippen LogP contribution in [0, 0.1) is 17.8 Å². The predicted octanol–water partition coefficient (Wildman–Crippen LogP) is 2.94. The predicted molar refractivity (Wildman–Crippen MR) is 163 cm³/mol. The normalized spacial score (nSPS) is 27.8. The molecule has 11 heteroatoms. The smallest absolute Gasteiger partial charge is 0.248 e. The first kappa shape index (κ1) is 30.3. The van der Waals surface area contributed by atoms with Crippen molar-refractivity contribution >= 4 is 40.5 Å². The van der Waals surface area contributed by atoms with Crippen LogP contribution in [0.15, 0.2) is 49.6 Å². The number of unbranched alkanes of at least 4 members (excludes halogenated alkanes) is 1. The number of aliphatic hydroxyl groups is 1. The summed E-state index contributed by atoms with van der Waals surface area (Å²) in [4.78, 5) is 48.4. The molecule has 42 heavy (non-hydrogen) atoms. The van der Waals surface area contributed by atoms with Crippen LogP contribution < -0.4 is 0 Å². The van der Waals surface area contributed by atoms with E-state index in [0.717, 1.165) is 23.9 Å². The minimum absolute atomic E-state index is 0.0122. The van der Waals surface area contributed by atoms with Crippen molar-refractivity contribution < 1.29 is 19.5 Å². The zero-order valence-corrected chi connectivity index (χ0v) is 25.4. The molecule has 3 aliphatic heterocycles. The number of aliphatic hydroxyl groups excluding tert-OH is 1. The summed E-state index contributed by atoms with van der Waals surface area (Å²) < 4.78 is 0.986. The Bertz CT molecular complexity index is 1350.